The summed E-state index contributed by atoms with van der Waals surface area (Å²) in [5.74, 6) is 1.41. The number of aliphatic hydroxyl groups is 1. The van der Waals surface area contributed by atoms with Crippen molar-refractivity contribution in [1.82, 2.24) is 9.55 Å². The number of H-pyrrole nitrogens is 1. The number of nitrogens with one attached hydrogen (secondary N) is 1. The van der Waals surface area contributed by atoms with Crippen LogP contribution >= 0.6 is 15.9 Å². The molecule has 3 aromatic carbocycles. The summed E-state index contributed by atoms with van der Waals surface area (Å²) in [7, 11) is 3.22. The maximum Gasteiger partial charge on any atom is 0.330 e. The van der Waals surface area contributed by atoms with E-state index in [2.05, 4.69) is 20.9 Å². The van der Waals surface area contributed by atoms with Crippen molar-refractivity contribution in [2.75, 3.05) is 20.8 Å². The molecule has 5 rings (SSSR count). The van der Waals surface area contributed by atoms with Crippen LogP contribution in [0.1, 0.15) is 29.3 Å². The Morgan fingerprint density at radius 3 is 2.02 bits per heavy atom. The van der Waals surface area contributed by atoms with Gasteiger partial charge in [0.1, 0.15) is 29.4 Å². The minimum absolute atomic E-state index is 0.00386. The first-order chi connectivity index (χ1) is 19.3. The number of aliphatic hydroxyl groups excluding tert-OH is 1. The lowest BCUT2D eigenvalue weighted by Crippen LogP contribution is -2.38. The average molecular weight is 609 g/mol. The van der Waals surface area contributed by atoms with E-state index < -0.39 is 35.3 Å². The van der Waals surface area contributed by atoms with Crippen molar-refractivity contribution in [3.8, 4) is 11.5 Å². The van der Waals surface area contributed by atoms with E-state index in [4.69, 9.17) is 18.9 Å². The summed E-state index contributed by atoms with van der Waals surface area (Å²) in [5.41, 5.74) is 0.311. The minimum Gasteiger partial charge on any atom is -0.497 e. The van der Waals surface area contributed by atoms with E-state index in [1.54, 1.807) is 14.2 Å². The molecule has 0 aliphatic carbocycles. The number of nitrogens with zero attached hydrogens (tertiary/aromatic N) is 1. The maximum atomic E-state index is 12.4. The Bertz CT molecular complexity index is 1500. The first kappa shape index (κ1) is 27.9. The van der Waals surface area contributed by atoms with Crippen LogP contribution in [0.5, 0.6) is 11.5 Å². The van der Waals surface area contributed by atoms with Crippen LogP contribution in [0.3, 0.4) is 0 Å². The molecule has 0 radical (unpaired) electrons. The van der Waals surface area contributed by atoms with E-state index in [1.165, 1.54) is 10.8 Å². The van der Waals surface area contributed by atoms with Gasteiger partial charge in [-0.25, -0.2) is 4.79 Å². The van der Waals surface area contributed by atoms with Crippen LogP contribution in [0.2, 0.25) is 0 Å². The first-order valence-corrected chi connectivity index (χ1v) is 13.5. The Hall–Kier alpha value is -3.70. The molecule has 9 nitrogen and oxygen atoms in total. The first-order valence-electron chi connectivity index (χ1n) is 12.7. The molecule has 1 saturated heterocycles. The normalized spacial score (nSPS) is 18.9. The second-order valence-electron chi connectivity index (χ2n) is 9.39. The van der Waals surface area contributed by atoms with Gasteiger partial charge in [-0.3, -0.25) is 14.3 Å². The molecular formula is C30H29BrN2O7. The monoisotopic (exact) mass is 608 g/mol. The van der Waals surface area contributed by atoms with Crippen LogP contribution in [0.4, 0.5) is 0 Å². The van der Waals surface area contributed by atoms with Crippen LogP contribution in [0.15, 0.2) is 99.1 Å². The van der Waals surface area contributed by atoms with E-state index in [0.717, 1.165) is 16.7 Å². The third-order valence-corrected chi connectivity index (χ3v) is 7.64. The van der Waals surface area contributed by atoms with Gasteiger partial charge in [0.15, 0.2) is 0 Å². The van der Waals surface area contributed by atoms with E-state index in [0.29, 0.717) is 11.5 Å². The van der Waals surface area contributed by atoms with Crippen molar-refractivity contribution in [2.24, 2.45) is 0 Å². The van der Waals surface area contributed by atoms with Gasteiger partial charge >= 0.3 is 5.69 Å². The van der Waals surface area contributed by atoms with Gasteiger partial charge in [0.25, 0.3) is 5.56 Å². The Morgan fingerprint density at radius 2 is 1.48 bits per heavy atom. The molecule has 4 aromatic rings. The second kappa shape index (κ2) is 11.8. The number of halogens is 1. The van der Waals surface area contributed by atoms with E-state index in [9.17, 15) is 14.7 Å². The zero-order valence-electron chi connectivity index (χ0n) is 22.0. The van der Waals surface area contributed by atoms with Gasteiger partial charge in [0.2, 0.25) is 0 Å². The van der Waals surface area contributed by atoms with Gasteiger partial charge < -0.3 is 24.1 Å². The van der Waals surface area contributed by atoms with E-state index >= 15 is 0 Å². The SMILES string of the molecule is COc1ccc(C(OC[C@H]2O[C@@H](n3cc(Br)c(=O)[nH]c3=O)CC2O)(c2ccccc2)c2ccc(OC)cc2)cc1. The van der Waals surface area contributed by atoms with Crippen LogP contribution in [-0.4, -0.2) is 47.7 Å². The topological polar surface area (TPSA) is 112 Å². The summed E-state index contributed by atoms with van der Waals surface area (Å²) in [6.45, 7) is 0.00386. The third kappa shape index (κ3) is 5.35. The highest BCUT2D eigenvalue weighted by Crippen LogP contribution is 2.42. The zero-order valence-corrected chi connectivity index (χ0v) is 23.5. The highest BCUT2D eigenvalue weighted by Gasteiger charge is 2.42. The molecule has 0 spiro atoms. The van der Waals surface area contributed by atoms with Crippen LogP contribution < -0.4 is 20.7 Å². The number of aromatic nitrogens is 2. The van der Waals surface area contributed by atoms with E-state index in [-0.39, 0.29) is 17.5 Å². The molecular weight excluding hydrogens is 580 g/mol. The predicted octanol–water partition coefficient (Wildman–Crippen LogP) is 3.97. The molecule has 1 aromatic heterocycles. The molecule has 0 amide bonds. The van der Waals surface area contributed by atoms with Gasteiger partial charge in [-0.2, -0.15) is 0 Å². The maximum absolute atomic E-state index is 12.4. The Kier molecular flexibility index (Phi) is 8.22. The average Bonchev–Trinajstić information content (AvgIpc) is 3.36. The van der Waals surface area contributed by atoms with Crippen LogP contribution in [0, 0.1) is 0 Å². The molecule has 1 unspecified atom stereocenters. The molecule has 1 aliphatic heterocycles. The summed E-state index contributed by atoms with van der Waals surface area (Å²) >= 11 is 3.15. The van der Waals surface area contributed by atoms with Gasteiger partial charge in [0.05, 0.1) is 31.4 Å². The highest BCUT2D eigenvalue weighted by atomic mass is 79.9. The van der Waals surface area contributed by atoms with Crippen molar-refractivity contribution in [3.05, 3.63) is 127 Å². The predicted molar refractivity (Wildman–Crippen MR) is 152 cm³/mol. The highest BCUT2D eigenvalue weighted by molar-refractivity contribution is 9.10. The fraction of sp³-hybridized carbons (Fsp3) is 0.267. The zero-order chi connectivity index (χ0) is 28.3. The van der Waals surface area contributed by atoms with Crippen molar-refractivity contribution in [1.29, 1.82) is 0 Å². The van der Waals surface area contributed by atoms with Crippen molar-refractivity contribution < 1.29 is 24.1 Å². The molecule has 2 N–H and O–H groups in total. The standard InChI is InChI=1S/C30H29BrN2O7/c1-37-22-12-8-20(9-13-22)30(19-6-4-3-5-7-19,21-10-14-23(38-2)15-11-21)39-18-26-25(34)16-27(40-26)33-17-24(31)28(35)32-29(33)36/h3-15,17,25-27,34H,16,18H2,1-2H3,(H,32,35,36)/t25?,26-,27-/m1/s1. The number of hydrogen-bond donors (Lipinski definition) is 2. The fourth-order valence-corrected chi connectivity index (χ4v) is 5.31. The smallest absolute Gasteiger partial charge is 0.330 e. The van der Waals surface area contributed by atoms with Gasteiger partial charge in [-0.05, 0) is 56.9 Å². The molecule has 0 bridgehead atoms. The Labute approximate surface area is 239 Å². The van der Waals surface area contributed by atoms with Crippen LogP contribution in [0.25, 0.3) is 0 Å². The van der Waals surface area contributed by atoms with Gasteiger partial charge in [-0.1, -0.05) is 54.6 Å². The quantitative estimate of drug-likeness (QED) is 0.276. The number of ether oxygens (including phenoxy) is 4. The molecule has 2 heterocycles. The van der Waals surface area contributed by atoms with Crippen molar-refractivity contribution >= 4 is 15.9 Å². The van der Waals surface area contributed by atoms with Crippen LogP contribution in [-0.2, 0) is 15.1 Å². The minimum atomic E-state index is -1.08. The lowest BCUT2D eigenvalue weighted by molar-refractivity contribution is -0.0944. The third-order valence-electron chi connectivity index (χ3n) is 7.08. The number of aromatic amines is 1. The van der Waals surface area contributed by atoms with Gasteiger partial charge in [0, 0.05) is 12.6 Å². The Morgan fingerprint density at radius 1 is 0.925 bits per heavy atom. The molecule has 3 atom stereocenters. The molecule has 1 aliphatic rings. The molecule has 0 saturated carbocycles. The molecule has 40 heavy (non-hydrogen) atoms. The lowest BCUT2D eigenvalue weighted by atomic mass is 9.80. The molecule has 1 fully saturated rings. The van der Waals surface area contributed by atoms with Gasteiger partial charge in [-0.15, -0.1) is 0 Å². The van der Waals surface area contributed by atoms with Crippen molar-refractivity contribution in [2.45, 2.75) is 30.5 Å². The molecule has 10 heteroatoms. The largest absolute Gasteiger partial charge is 0.497 e. The number of methoxy groups -OCH3 is 2. The number of hydrogen-bond acceptors (Lipinski definition) is 7. The summed E-state index contributed by atoms with van der Waals surface area (Å²) in [6, 6.07) is 25.1. The Balaban J connectivity index is 1.54. The lowest BCUT2D eigenvalue weighted by Gasteiger charge is -2.37. The molecule has 208 valence electrons. The number of benzene rings is 3. The summed E-state index contributed by atoms with van der Waals surface area (Å²) in [5, 5.41) is 10.9. The summed E-state index contributed by atoms with van der Waals surface area (Å²) in [4.78, 5) is 26.5. The summed E-state index contributed by atoms with van der Waals surface area (Å²) < 4.78 is 25.2. The summed E-state index contributed by atoms with van der Waals surface area (Å²) in [6.07, 6.45) is -0.928. The van der Waals surface area contributed by atoms with Crippen molar-refractivity contribution in [3.63, 3.8) is 0 Å². The second-order valence-corrected chi connectivity index (χ2v) is 10.2. The number of rotatable bonds is 9. The fourth-order valence-electron chi connectivity index (χ4n) is 4.99. The van der Waals surface area contributed by atoms with E-state index in [1.807, 2.05) is 78.9 Å².